The molecule has 1 aromatic rings. The predicted octanol–water partition coefficient (Wildman–Crippen LogP) is 3.34. The van der Waals surface area contributed by atoms with Crippen LogP contribution in [0.3, 0.4) is 0 Å². The minimum atomic E-state index is 0.670. The summed E-state index contributed by atoms with van der Waals surface area (Å²) >= 11 is 0. The molecule has 0 spiro atoms. The van der Waals surface area contributed by atoms with Crippen LogP contribution in [0.5, 0.6) is 0 Å². The summed E-state index contributed by atoms with van der Waals surface area (Å²) < 4.78 is 0. The van der Waals surface area contributed by atoms with Crippen molar-refractivity contribution < 1.29 is 0 Å². The Kier molecular flexibility index (Phi) is 2.90. The van der Waals surface area contributed by atoms with Gasteiger partial charge in [-0.1, -0.05) is 26.7 Å². The highest BCUT2D eigenvalue weighted by molar-refractivity contribution is 5.03. The van der Waals surface area contributed by atoms with Crippen LogP contribution in [0.15, 0.2) is 12.4 Å². The van der Waals surface area contributed by atoms with Crippen molar-refractivity contribution in [1.82, 2.24) is 9.97 Å². The normalized spacial score (nSPS) is 33.1. The van der Waals surface area contributed by atoms with Crippen LogP contribution < -0.4 is 0 Å². The molecule has 0 aliphatic heterocycles. The van der Waals surface area contributed by atoms with E-state index in [0.717, 1.165) is 11.8 Å². The molecule has 0 saturated heterocycles. The summed E-state index contributed by atoms with van der Waals surface area (Å²) in [7, 11) is 0. The van der Waals surface area contributed by atoms with Gasteiger partial charge >= 0.3 is 0 Å². The molecule has 1 fully saturated rings. The van der Waals surface area contributed by atoms with Gasteiger partial charge in [-0.3, -0.25) is 0 Å². The summed E-state index contributed by atoms with van der Waals surface area (Å²) in [6.07, 6.45) is 9.26. The smallest absolute Gasteiger partial charge is 0.109 e. The van der Waals surface area contributed by atoms with E-state index in [1.165, 1.54) is 31.5 Å². The van der Waals surface area contributed by atoms with E-state index in [0.29, 0.717) is 5.92 Å². The molecule has 3 atom stereocenters. The molecule has 3 unspecified atom stereocenters. The van der Waals surface area contributed by atoms with E-state index in [1.807, 2.05) is 12.4 Å². The molecule has 0 aromatic carbocycles. The van der Waals surface area contributed by atoms with E-state index in [4.69, 9.17) is 0 Å². The first-order valence-corrected chi connectivity index (χ1v) is 5.82. The van der Waals surface area contributed by atoms with Gasteiger partial charge in [0.05, 0.1) is 0 Å². The fourth-order valence-electron chi connectivity index (χ4n) is 2.94. The van der Waals surface area contributed by atoms with Crippen LogP contribution in [-0.4, -0.2) is 9.97 Å². The summed E-state index contributed by atoms with van der Waals surface area (Å²) in [5, 5.41) is 0. The number of imidazole rings is 1. The van der Waals surface area contributed by atoms with Gasteiger partial charge in [-0.05, 0) is 24.7 Å². The lowest BCUT2D eigenvalue weighted by Crippen LogP contribution is -2.25. The highest BCUT2D eigenvalue weighted by Crippen LogP contribution is 2.41. The third-order valence-electron chi connectivity index (χ3n) is 3.71. The minimum Gasteiger partial charge on any atom is -0.348 e. The summed E-state index contributed by atoms with van der Waals surface area (Å²) in [5.74, 6) is 3.51. The lowest BCUT2D eigenvalue weighted by molar-refractivity contribution is 0.219. The topological polar surface area (TPSA) is 28.7 Å². The van der Waals surface area contributed by atoms with Gasteiger partial charge in [0.2, 0.25) is 0 Å². The highest BCUT2D eigenvalue weighted by atomic mass is 14.9. The quantitative estimate of drug-likeness (QED) is 0.765. The van der Waals surface area contributed by atoms with Gasteiger partial charge in [-0.2, -0.15) is 0 Å². The number of hydrogen-bond donors (Lipinski definition) is 1. The van der Waals surface area contributed by atoms with Gasteiger partial charge in [0.25, 0.3) is 0 Å². The molecule has 2 nitrogen and oxygen atoms in total. The van der Waals surface area contributed by atoms with Crippen LogP contribution >= 0.6 is 0 Å². The maximum Gasteiger partial charge on any atom is 0.109 e. The second-order valence-electron chi connectivity index (χ2n) is 4.58. The second-order valence-corrected chi connectivity index (χ2v) is 4.58. The average molecular weight is 192 g/mol. The van der Waals surface area contributed by atoms with E-state index >= 15 is 0 Å². The molecule has 1 heterocycles. The molecule has 14 heavy (non-hydrogen) atoms. The van der Waals surface area contributed by atoms with Crippen molar-refractivity contribution >= 4 is 0 Å². The van der Waals surface area contributed by atoms with Crippen LogP contribution in [0.25, 0.3) is 0 Å². The van der Waals surface area contributed by atoms with E-state index in [1.54, 1.807) is 0 Å². The number of hydrogen-bond acceptors (Lipinski definition) is 1. The van der Waals surface area contributed by atoms with Crippen molar-refractivity contribution in [3.63, 3.8) is 0 Å². The standard InChI is InChI=1S/C12H20N2/c1-3-10-6-4-5-9(2)11(10)12-13-7-8-14-12/h7-11H,3-6H2,1-2H3,(H,13,14). The van der Waals surface area contributed by atoms with E-state index in [2.05, 4.69) is 23.8 Å². The molecule has 2 rings (SSSR count). The molecule has 1 aliphatic carbocycles. The Morgan fingerprint density at radius 2 is 2.36 bits per heavy atom. The van der Waals surface area contributed by atoms with Crippen molar-refractivity contribution in [2.24, 2.45) is 11.8 Å². The average Bonchev–Trinajstić information content (AvgIpc) is 2.70. The molecule has 0 radical (unpaired) electrons. The Labute approximate surface area is 86.1 Å². The van der Waals surface area contributed by atoms with Crippen molar-refractivity contribution in [2.75, 3.05) is 0 Å². The largest absolute Gasteiger partial charge is 0.348 e. The third kappa shape index (κ3) is 1.70. The van der Waals surface area contributed by atoms with Gasteiger partial charge in [0.1, 0.15) is 5.82 Å². The first-order chi connectivity index (χ1) is 6.83. The minimum absolute atomic E-state index is 0.670. The summed E-state index contributed by atoms with van der Waals surface area (Å²) in [5.41, 5.74) is 0. The van der Waals surface area contributed by atoms with Crippen molar-refractivity contribution in [1.29, 1.82) is 0 Å². The second kappa shape index (κ2) is 4.16. The first-order valence-electron chi connectivity index (χ1n) is 5.82. The zero-order valence-electron chi connectivity index (χ0n) is 9.16. The Bertz CT molecular complexity index is 266. The van der Waals surface area contributed by atoms with E-state index in [-0.39, 0.29) is 0 Å². The van der Waals surface area contributed by atoms with Gasteiger partial charge in [-0.15, -0.1) is 0 Å². The predicted molar refractivity (Wildman–Crippen MR) is 58.1 cm³/mol. The fraction of sp³-hybridized carbons (Fsp3) is 0.750. The summed E-state index contributed by atoms with van der Waals surface area (Å²) in [6, 6.07) is 0. The van der Waals surface area contributed by atoms with Crippen LogP contribution in [0.2, 0.25) is 0 Å². The Morgan fingerprint density at radius 3 is 3.00 bits per heavy atom. The molecule has 0 bridgehead atoms. The molecule has 1 aliphatic rings. The van der Waals surface area contributed by atoms with Crippen LogP contribution in [0, 0.1) is 11.8 Å². The number of rotatable bonds is 2. The summed E-state index contributed by atoms with van der Waals surface area (Å²) in [6.45, 7) is 4.67. The number of nitrogens with zero attached hydrogens (tertiary/aromatic N) is 1. The molecule has 2 heteroatoms. The molecular weight excluding hydrogens is 172 g/mol. The maximum atomic E-state index is 4.43. The van der Waals surface area contributed by atoms with Crippen molar-refractivity contribution in [3.05, 3.63) is 18.2 Å². The SMILES string of the molecule is CCC1CCCC(C)C1c1ncc[nH]1. The maximum absolute atomic E-state index is 4.43. The Morgan fingerprint density at radius 1 is 1.50 bits per heavy atom. The van der Waals surface area contributed by atoms with Gasteiger partial charge in [-0.25, -0.2) is 4.98 Å². The Balaban J connectivity index is 2.19. The van der Waals surface area contributed by atoms with Crippen molar-refractivity contribution in [3.8, 4) is 0 Å². The molecule has 78 valence electrons. The zero-order valence-corrected chi connectivity index (χ0v) is 9.16. The molecule has 1 aromatic heterocycles. The molecule has 1 saturated carbocycles. The third-order valence-corrected chi connectivity index (χ3v) is 3.71. The number of aromatic amines is 1. The van der Waals surface area contributed by atoms with Gasteiger partial charge in [0, 0.05) is 18.3 Å². The van der Waals surface area contributed by atoms with E-state index < -0.39 is 0 Å². The number of nitrogens with one attached hydrogen (secondary N) is 1. The lowest BCUT2D eigenvalue weighted by Gasteiger charge is -2.34. The Hall–Kier alpha value is -0.790. The number of aromatic nitrogens is 2. The molecule has 0 amide bonds. The number of H-pyrrole nitrogens is 1. The van der Waals surface area contributed by atoms with Gasteiger partial charge < -0.3 is 4.98 Å². The van der Waals surface area contributed by atoms with Crippen LogP contribution in [0.4, 0.5) is 0 Å². The first kappa shape index (κ1) is 9.75. The van der Waals surface area contributed by atoms with Crippen LogP contribution in [0.1, 0.15) is 51.3 Å². The highest BCUT2D eigenvalue weighted by Gasteiger charge is 2.32. The monoisotopic (exact) mass is 192 g/mol. The van der Waals surface area contributed by atoms with Crippen molar-refractivity contribution in [2.45, 2.75) is 45.4 Å². The fourth-order valence-corrected chi connectivity index (χ4v) is 2.94. The zero-order chi connectivity index (χ0) is 9.97. The van der Waals surface area contributed by atoms with Gasteiger partial charge in [0.15, 0.2) is 0 Å². The van der Waals surface area contributed by atoms with Crippen LogP contribution in [-0.2, 0) is 0 Å². The molecule has 1 N–H and O–H groups in total. The molecular formula is C12H20N2. The van der Waals surface area contributed by atoms with E-state index in [9.17, 15) is 0 Å². The lowest BCUT2D eigenvalue weighted by atomic mass is 9.71. The summed E-state index contributed by atoms with van der Waals surface area (Å²) in [4.78, 5) is 7.72.